The summed E-state index contributed by atoms with van der Waals surface area (Å²) in [7, 11) is 0. The van der Waals surface area contributed by atoms with Crippen LogP contribution in [-0.4, -0.2) is 38.6 Å². The number of carbonyl (C=O) groups is 2. The van der Waals surface area contributed by atoms with Crippen LogP contribution in [0.2, 0.25) is 0 Å². The van der Waals surface area contributed by atoms with Gasteiger partial charge in [-0.1, -0.05) is 13.3 Å². The maximum absolute atomic E-state index is 14.2. The molecule has 1 aliphatic carbocycles. The van der Waals surface area contributed by atoms with E-state index < -0.39 is 29.2 Å². The van der Waals surface area contributed by atoms with Gasteiger partial charge in [0.1, 0.15) is 17.2 Å². The van der Waals surface area contributed by atoms with Crippen LogP contribution >= 0.6 is 0 Å². The molecule has 1 aromatic heterocycles. The lowest BCUT2D eigenvalue weighted by molar-refractivity contribution is -0.145. The van der Waals surface area contributed by atoms with E-state index in [1.165, 1.54) is 37.0 Å². The minimum atomic E-state index is -1.20. The molecule has 3 rings (SSSR count). The van der Waals surface area contributed by atoms with Crippen LogP contribution in [0.25, 0.3) is 0 Å². The van der Waals surface area contributed by atoms with Gasteiger partial charge in [-0.3, -0.25) is 4.79 Å². The van der Waals surface area contributed by atoms with Crippen LogP contribution in [0.4, 0.5) is 14.6 Å². The summed E-state index contributed by atoms with van der Waals surface area (Å²) in [6, 6.07) is 1.64. The Morgan fingerprint density at radius 2 is 2.10 bits per heavy atom. The number of hydrogen-bond acceptors (Lipinski definition) is 4. The number of aromatic nitrogens is 2. The van der Waals surface area contributed by atoms with Crippen molar-refractivity contribution in [1.82, 2.24) is 14.9 Å². The van der Waals surface area contributed by atoms with Crippen molar-refractivity contribution in [1.29, 1.82) is 0 Å². The number of nitrogens with one attached hydrogen (secondary N) is 2. The summed E-state index contributed by atoms with van der Waals surface area (Å²) in [5.74, 6) is -2.16. The molecule has 2 unspecified atom stereocenters. The number of hydrogen-bond donors (Lipinski definition) is 3. The lowest BCUT2D eigenvalue weighted by atomic mass is 9.87. The van der Waals surface area contributed by atoms with Crippen LogP contribution in [0.3, 0.4) is 0 Å². The van der Waals surface area contributed by atoms with Crippen molar-refractivity contribution in [2.45, 2.75) is 70.5 Å². The first-order valence-corrected chi connectivity index (χ1v) is 10.4. The van der Waals surface area contributed by atoms with E-state index in [2.05, 4.69) is 15.6 Å². The van der Waals surface area contributed by atoms with Crippen molar-refractivity contribution in [3.63, 3.8) is 0 Å². The first-order valence-electron chi connectivity index (χ1n) is 10.4. The van der Waals surface area contributed by atoms with Gasteiger partial charge in [0, 0.05) is 18.3 Å². The molecule has 168 valence electrons. The lowest BCUT2D eigenvalue weighted by Crippen LogP contribution is -2.48. The van der Waals surface area contributed by atoms with E-state index in [1.807, 2.05) is 6.92 Å². The van der Waals surface area contributed by atoms with Gasteiger partial charge in [-0.15, -0.1) is 0 Å². The number of rotatable bonds is 8. The van der Waals surface area contributed by atoms with Crippen LogP contribution in [0.1, 0.15) is 51.2 Å². The first-order chi connectivity index (χ1) is 14.6. The Balaban J connectivity index is 1.68. The zero-order valence-corrected chi connectivity index (χ0v) is 17.9. The molecule has 1 aromatic carbocycles. The maximum Gasteiger partial charge on any atom is 0.329 e. The topological polar surface area (TPSA) is 96.2 Å². The number of benzene rings is 1. The van der Waals surface area contributed by atoms with Gasteiger partial charge in [0.2, 0.25) is 5.91 Å². The number of anilines is 1. The van der Waals surface area contributed by atoms with Crippen LogP contribution in [0.15, 0.2) is 24.7 Å². The number of halogens is 2. The number of amides is 1. The predicted octanol–water partition coefficient (Wildman–Crippen LogP) is 3.24. The lowest BCUT2D eigenvalue weighted by Gasteiger charge is -2.29. The van der Waals surface area contributed by atoms with Crippen molar-refractivity contribution in [2.75, 3.05) is 5.32 Å². The highest BCUT2D eigenvalue weighted by Gasteiger charge is 2.30. The second-order valence-corrected chi connectivity index (χ2v) is 8.49. The Hall–Kier alpha value is -2.81. The molecule has 9 heteroatoms. The van der Waals surface area contributed by atoms with Crippen molar-refractivity contribution >= 4 is 17.7 Å². The van der Waals surface area contributed by atoms with Crippen LogP contribution in [0, 0.1) is 11.6 Å². The third-order valence-corrected chi connectivity index (χ3v) is 5.80. The van der Waals surface area contributed by atoms with Gasteiger partial charge < -0.3 is 20.3 Å². The summed E-state index contributed by atoms with van der Waals surface area (Å²) in [6.07, 6.45) is 5.77. The summed E-state index contributed by atoms with van der Waals surface area (Å²) in [5, 5.41) is 15.4. The fourth-order valence-electron chi connectivity index (χ4n) is 3.81. The van der Waals surface area contributed by atoms with Crippen molar-refractivity contribution in [3.05, 3.63) is 47.4 Å². The molecule has 1 aliphatic rings. The van der Waals surface area contributed by atoms with E-state index in [0.29, 0.717) is 36.8 Å². The first kappa shape index (κ1) is 22.9. The van der Waals surface area contributed by atoms with Crippen LogP contribution in [0.5, 0.6) is 0 Å². The number of carboxylic acids is 1. The van der Waals surface area contributed by atoms with Gasteiger partial charge in [-0.2, -0.15) is 0 Å². The molecular weight excluding hydrogens is 406 g/mol. The van der Waals surface area contributed by atoms with E-state index in [4.69, 9.17) is 0 Å². The predicted molar refractivity (Wildman–Crippen MR) is 112 cm³/mol. The van der Waals surface area contributed by atoms with E-state index >= 15 is 0 Å². The van der Waals surface area contributed by atoms with Gasteiger partial charge in [0.25, 0.3) is 0 Å². The molecule has 0 fully saturated rings. The quantitative estimate of drug-likeness (QED) is 0.593. The number of nitrogens with zero attached hydrogens (tertiary/aromatic N) is 2. The third-order valence-electron chi connectivity index (χ3n) is 5.80. The summed E-state index contributed by atoms with van der Waals surface area (Å²) < 4.78 is 29.1. The van der Waals surface area contributed by atoms with E-state index in [1.54, 1.807) is 0 Å². The highest BCUT2D eigenvalue weighted by molar-refractivity contribution is 5.94. The van der Waals surface area contributed by atoms with E-state index in [-0.39, 0.29) is 17.8 Å². The molecule has 2 aromatic rings. The van der Waals surface area contributed by atoms with Crippen molar-refractivity contribution in [2.24, 2.45) is 0 Å². The van der Waals surface area contributed by atoms with E-state index in [9.17, 15) is 23.5 Å². The molecule has 2 atom stereocenters. The van der Waals surface area contributed by atoms with Gasteiger partial charge in [0.05, 0.1) is 12.4 Å². The molecule has 0 spiro atoms. The number of aryl methyl sites for hydroxylation is 1. The fourth-order valence-corrected chi connectivity index (χ4v) is 3.81. The molecule has 0 saturated carbocycles. The summed E-state index contributed by atoms with van der Waals surface area (Å²) in [5.41, 5.74) is -0.0233. The number of carbonyl (C=O) groups excluding carboxylic acids is 1. The van der Waals surface area contributed by atoms with Crippen molar-refractivity contribution in [3.8, 4) is 0 Å². The maximum atomic E-state index is 14.2. The molecule has 0 aliphatic heterocycles. The molecule has 31 heavy (non-hydrogen) atoms. The smallest absolute Gasteiger partial charge is 0.329 e. The van der Waals surface area contributed by atoms with Crippen LogP contribution < -0.4 is 10.6 Å². The SMILES string of the molecule is CCCC(NC1CCc2cc(F)cc(F)c2C1)C(=O)Nc1cn(C(C)(C)C(=O)O)cn1. The molecule has 1 heterocycles. The zero-order valence-electron chi connectivity index (χ0n) is 17.9. The molecule has 0 saturated heterocycles. The number of aliphatic carboxylic acids is 1. The Bertz CT molecular complexity index is 974. The number of carboxylic acid groups (broad SMARTS) is 1. The van der Waals surface area contributed by atoms with Gasteiger partial charge >= 0.3 is 5.97 Å². The molecule has 7 nitrogen and oxygen atoms in total. The minimum absolute atomic E-state index is 0.113. The summed E-state index contributed by atoms with van der Waals surface area (Å²) in [4.78, 5) is 28.4. The van der Waals surface area contributed by atoms with E-state index in [0.717, 1.165) is 12.5 Å². The van der Waals surface area contributed by atoms with Gasteiger partial charge in [-0.05, 0) is 56.7 Å². The molecular formula is C22H28F2N4O3. The fraction of sp³-hybridized carbons (Fsp3) is 0.500. The van der Waals surface area contributed by atoms with Gasteiger partial charge in [0.15, 0.2) is 5.82 Å². The largest absolute Gasteiger partial charge is 0.480 e. The highest BCUT2D eigenvalue weighted by atomic mass is 19.1. The molecule has 0 radical (unpaired) electrons. The Kier molecular flexibility index (Phi) is 6.74. The highest BCUT2D eigenvalue weighted by Crippen LogP contribution is 2.26. The molecule has 0 bridgehead atoms. The van der Waals surface area contributed by atoms with Gasteiger partial charge in [-0.25, -0.2) is 18.6 Å². The zero-order chi connectivity index (χ0) is 22.8. The third kappa shape index (κ3) is 5.10. The Morgan fingerprint density at radius 3 is 2.77 bits per heavy atom. The Morgan fingerprint density at radius 1 is 1.35 bits per heavy atom. The normalized spacial score (nSPS) is 17.1. The molecule has 1 amide bonds. The second-order valence-electron chi connectivity index (χ2n) is 8.49. The number of imidazole rings is 1. The molecule has 3 N–H and O–H groups in total. The summed E-state index contributed by atoms with van der Waals surface area (Å²) in [6.45, 7) is 5.04. The minimum Gasteiger partial charge on any atom is -0.480 e. The summed E-state index contributed by atoms with van der Waals surface area (Å²) >= 11 is 0. The van der Waals surface area contributed by atoms with Crippen molar-refractivity contribution < 1.29 is 23.5 Å². The standard InChI is InChI=1S/C22H28F2N4O3/c1-4-5-18(20(29)27-19-11-28(12-25-19)22(2,3)21(30)31)26-15-7-6-13-8-14(23)9-17(24)16(13)10-15/h8-9,11-12,15,18,26H,4-7,10H2,1-3H3,(H,27,29)(H,30,31). The number of fused-ring (bicyclic) bond motifs is 1. The second kappa shape index (κ2) is 9.13. The average Bonchev–Trinajstić information content (AvgIpc) is 3.17. The van der Waals surface area contributed by atoms with Crippen LogP contribution in [-0.2, 0) is 28.0 Å². The monoisotopic (exact) mass is 434 g/mol. The Labute approximate surface area is 179 Å². The average molecular weight is 434 g/mol.